The van der Waals surface area contributed by atoms with Crippen molar-refractivity contribution in [3.05, 3.63) is 98.7 Å². The van der Waals surface area contributed by atoms with Gasteiger partial charge in [-0.2, -0.15) is 4.98 Å². The molecule has 0 saturated heterocycles. The summed E-state index contributed by atoms with van der Waals surface area (Å²) in [5.41, 5.74) is 5.13. The zero-order valence-electron chi connectivity index (χ0n) is 28.6. The highest BCUT2D eigenvalue weighted by Crippen LogP contribution is 2.43. The molecule has 0 saturated carbocycles. The fraction of sp³-hybridized carbons (Fsp3) is 0.324. The summed E-state index contributed by atoms with van der Waals surface area (Å²) in [7, 11) is 1.47. The Morgan fingerprint density at radius 2 is 1.58 bits per heavy atom. The predicted molar refractivity (Wildman–Crippen MR) is 196 cm³/mol. The van der Waals surface area contributed by atoms with Crippen molar-refractivity contribution in [1.82, 2.24) is 20.6 Å². The minimum Gasteiger partial charge on any atom is -0.481 e. The molecule has 280 valence electrons. The summed E-state index contributed by atoms with van der Waals surface area (Å²) >= 11 is 13.5. The maximum Gasteiger partial charge on any atom is 0.306 e. The number of pyridine rings is 2. The molecule has 2 aromatic carbocycles. The molecule has 4 aromatic rings. The fourth-order valence-corrected chi connectivity index (χ4v) is 6.54. The third-order valence-electron chi connectivity index (χ3n) is 8.47. The number of halogens is 2. The highest BCUT2D eigenvalue weighted by molar-refractivity contribution is 6.37. The number of aliphatic hydroxyl groups excluding tert-OH is 2. The number of aliphatic carboxylic acids is 2. The number of carbonyl (C=O) groups is 3. The number of rotatable bonds is 18. The summed E-state index contributed by atoms with van der Waals surface area (Å²) in [6, 6.07) is 16.1. The van der Waals surface area contributed by atoms with E-state index in [1.165, 1.54) is 7.11 Å². The van der Waals surface area contributed by atoms with Crippen LogP contribution in [-0.4, -0.2) is 80.6 Å². The standard InChI is InChI=1S/C37H39Cl2N5O9/c1-52-36-21(17-41-19-23(46)14-33(49)50)12-29(38)37(44-36)53-30-10-9-25-24(4-2-5-26(25)30)27-6-3-7-28(34(27)39)35(51)43-31-11-8-20(16-42-31)15-40-18-22(45)13-32(47)48/h2-8,11-12,16,22-23,30,40-41,45-46H,9-10,13-15,17-19H2,1H3,(H,47,48)(H,49,50)(H,42,43,51)/t22?,23?,30-/m0/s1. The lowest BCUT2D eigenvalue weighted by molar-refractivity contribution is -0.140. The van der Waals surface area contributed by atoms with E-state index in [-0.39, 0.29) is 65.9 Å². The van der Waals surface area contributed by atoms with Crippen LogP contribution >= 0.6 is 23.2 Å². The second-order valence-corrected chi connectivity index (χ2v) is 13.2. The maximum atomic E-state index is 13.4. The van der Waals surface area contributed by atoms with E-state index in [1.54, 1.807) is 36.5 Å². The molecule has 5 rings (SSSR count). The average molecular weight is 769 g/mol. The van der Waals surface area contributed by atoms with E-state index in [9.17, 15) is 24.6 Å². The first-order valence-corrected chi connectivity index (χ1v) is 17.5. The number of hydrogen-bond acceptors (Lipinski definition) is 11. The molecule has 2 heterocycles. The molecule has 2 unspecified atom stereocenters. The Morgan fingerprint density at radius 1 is 0.906 bits per heavy atom. The smallest absolute Gasteiger partial charge is 0.306 e. The van der Waals surface area contributed by atoms with Crippen molar-refractivity contribution >= 4 is 46.9 Å². The first-order chi connectivity index (χ1) is 25.4. The number of nitrogens with zero attached hydrogens (tertiary/aromatic N) is 2. The number of ether oxygens (including phenoxy) is 2. The summed E-state index contributed by atoms with van der Waals surface area (Å²) < 4.78 is 11.8. The highest BCUT2D eigenvalue weighted by atomic mass is 35.5. The fourth-order valence-electron chi connectivity index (χ4n) is 6.01. The number of amides is 1. The maximum absolute atomic E-state index is 13.4. The summed E-state index contributed by atoms with van der Waals surface area (Å²) in [6.45, 7) is 0.749. The second-order valence-electron chi connectivity index (χ2n) is 12.4. The normalized spacial score (nSPS) is 14.6. The molecule has 53 heavy (non-hydrogen) atoms. The van der Waals surface area contributed by atoms with Crippen LogP contribution in [0, 0.1) is 0 Å². The van der Waals surface area contributed by atoms with E-state index < -0.39 is 30.1 Å². The Hall–Kier alpha value is -4.83. The molecule has 2 aromatic heterocycles. The lowest BCUT2D eigenvalue weighted by Crippen LogP contribution is -2.28. The van der Waals surface area contributed by atoms with E-state index in [0.29, 0.717) is 36.3 Å². The van der Waals surface area contributed by atoms with Crippen LogP contribution in [0.2, 0.25) is 10.0 Å². The molecule has 1 aliphatic carbocycles. The van der Waals surface area contributed by atoms with E-state index in [4.69, 9.17) is 42.9 Å². The van der Waals surface area contributed by atoms with Gasteiger partial charge in [-0.05, 0) is 53.3 Å². The quantitative estimate of drug-likeness (QED) is 0.0737. The monoisotopic (exact) mass is 767 g/mol. The van der Waals surface area contributed by atoms with Gasteiger partial charge in [0.15, 0.2) is 0 Å². The molecule has 14 nitrogen and oxygen atoms in total. The summed E-state index contributed by atoms with van der Waals surface area (Å²) in [5, 5.41) is 46.4. The zero-order valence-corrected chi connectivity index (χ0v) is 30.2. The minimum atomic E-state index is -1.09. The van der Waals surface area contributed by atoms with Crippen LogP contribution in [0.3, 0.4) is 0 Å². The van der Waals surface area contributed by atoms with E-state index in [2.05, 4.69) is 25.9 Å². The number of hydrogen-bond donors (Lipinski definition) is 7. The van der Waals surface area contributed by atoms with E-state index >= 15 is 0 Å². The van der Waals surface area contributed by atoms with Crippen LogP contribution in [0.25, 0.3) is 11.1 Å². The number of aliphatic hydroxyl groups is 2. The number of nitrogens with one attached hydrogen (secondary N) is 3. The Morgan fingerprint density at radius 3 is 2.25 bits per heavy atom. The predicted octanol–water partition coefficient (Wildman–Crippen LogP) is 4.63. The third kappa shape index (κ3) is 10.4. The highest BCUT2D eigenvalue weighted by Gasteiger charge is 2.29. The van der Waals surface area contributed by atoms with Gasteiger partial charge in [0.1, 0.15) is 16.9 Å². The van der Waals surface area contributed by atoms with Crippen LogP contribution in [-0.2, 0) is 29.1 Å². The Balaban J connectivity index is 1.25. The number of fused-ring (bicyclic) bond motifs is 1. The van der Waals surface area contributed by atoms with Gasteiger partial charge in [-0.3, -0.25) is 14.4 Å². The summed E-state index contributed by atoms with van der Waals surface area (Å²) in [4.78, 5) is 43.7. The number of methoxy groups -OCH3 is 1. The molecule has 0 aliphatic heterocycles. The van der Waals surface area contributed by atoms with Gasteiger partial charge in [0.25, 0.3) is 5.91 Å². The molecule has 1 aliphatic rings. The number of benzene rings is 2. The zero-order chi connectivity index (χ0) is 38.1. The van der Waals surface area contributed by atoms with Gasteiger partial charge in [0.05, 0.1) is 42.7 Å². The Kier molecular flexibility index (Phi) is 13.6. The van der Waals surface area contributed by atoms with Crippen molar-refractivity contribution < 1.29 is 44.3 Å². The van der Waals surface area contributed by atoms with Gasteiger partial charge >= 0.3 is 11.9 Å². The van der Waals surface area contributed by atoms with Gasteiger partial charge in [0.2, 0.25) is 11.8 Å². The van der Waals surface area contributed by atoms with Gasteiger partial charge in [-0.25, -0.2) is 4.98 Å². The molecule has 0 radical (unpaired) electrons. The second kappa shape index (κ2) is 18.3. The lowest BCUT2D eigenvalue weighted by atomic mass is 9.95. The van der Waals surface area contributed by atoms with Crippen molar-refractivity contribution in [3.8, 4) is 22.9 Å². The minimum absolute atomic E-state index is 0.0572. The number of carboxylic acid groups (broad SMARTS) is 2. The third-order valence-corrected chi connectivity index (χ3v) is 9.15. The van der Waals surface area contributed by atoms with Crippen molar-refractivity contribution in [1.29, 1.82) is 0 Å². The largest absolute Gasteiger partial charge is 0.481 e. The molecule has 0 fully saturated rings. The summed E-state index contributed by atoms with van der Waals surface area (Å²) in [5.74, 6) is -1.84. The summed E-state index contributed by atoms with van der Waals surface area (Å²) in [6.07, 6.45) is -0.292. The van der Waals surface area contributed by atoms with Gasteiger partial charge in [-0.15, -0.1) is 0 Å². The molecule has 3 atom stereocenters. The number of anilines is 1. The van der Waals surface area contributed by atoms with Gasteiger partial charge < -0.3 is 45.9 Å². The molecule has 0 bridgehead atoms. The van der Waals surface area contributed by atoms with Crippen molar-refractivity contribution in [2.45, 2.75) is 57.1 Å². The van der Waals surface area contributed by atoms with Gasteiger partial charge in [0, 0.05) is 43.5 Å². The van der Waals surface area contributed by atoms with Crippen molar-refractivity contribution in [2.75, 3.05) is 25.5 Å². The number of aromatic nitrogens is 2. The van der Waals surface area contributed by atoms with Crippen molar-refractivity contribution in [2.24, 2.45) is 0 Å². The van der Waals surface area contributed by atoms with E-state index in [0.717, 1.165) is 22.3 Å². The van der Waals surface area contributed by atoms with Crippen LogP contribution in [0.4, 0.5) is 5.82 Å². The van der Waals surface area contributed by atoms with Crippen LogP contribution in [0.5, 0.6) is 11.8 Å². The molecule has 1 amide bonds. The lowest BCUT2D eigenvalue weighted by Gasteiger charge is -2.18. The van der Waals surface area contributed by atoms with E-state index in [1.807, 2.05) is 24.3 Å². The number of carbonyl (C=O) groups excluding carboxylic acids is 1. The first kappa shape index (κ1) is 39.4. The molecule has 16 heteroatoms. The Labute approximate surface area is 315 Å². The van der Waals surface area contributed by atoms with Crippen LogP contribution in [0.1, 0.15) is 58.0 Å². The van der Waals surface area contributed by atoms with Crippen LogP contribution < -0.4 is 25.4 Å². The first-order valence-electron chi connectivity index (χ1n) is 16.7. The van der Waals surface area contributed by atoms with Crippen molar-refractivity contribution in [3.63, 3.8) is 0 Å². The van der Waals surface area contributed by atoms with Gasteiger partial charge in [-0.1, -0.05) is 59.6 Å². The topological polar surface area (TPSA) is 212 Å². The Bertz CT molecular complexity index is 1950. The van der Waals surface area contributed by atoms with Crippen LogP contribution in [0.15, 0.2) is 60.8 Å². The SMILES string of the molecule is COc1nc(O[C@H]2CCc3c(-c4cccc(C(=O)Nc5ccc(CNCC(O)CC(=O)O)cn5)c4Cl)cccc32)c(Cl)cc1CNCC(O)CC(=O)O. The molecular formula is C37H39Cl2N5O9. The average Bonchev–Trinajstić information content (AvgIpc) is 3.52. The molecule has 0 spiro atoms. The molecular weight excluding hydrogens is 729 g/mol. The molecule has 7 N–H and O–H groups in total. The number of carboxylic acids is 2.